The van der Waals surface area contributed by atoms with Crippen LogP contribution in [0.2, 0.25) is 0 Å². The minimum atomic E-state index is -0.240. The first-order valence-electron chi connectivity index (χ1n) is 7.33. The molecule has 6 heteroatoms. The molecule has 0 spiro atoms. The Morgan fingerprint density at radius 3 is 2.38 bits per heavy atom. The van der Waals surface area contributed by atoms with Crippen LogP contribution in [-0.2, 0) is 0 Å². The number of benzene rings is 2. The number of halogens is 1. The van der Waals surface area contributed by atoms with Crippen LogP contribution < -0.4 is 10.6 Å². The molecular formula is C18H15BrN4O. The standard InChI is InChI=1S/C18H15BrN4O/c1-12-3-2-4-16(9-12)22-17(24)13-10-20-18(21-11-13)23-15-7-5-14(19)6-8-15/h2-11H,1H3,(H,22,24)(H,20,21,23). The molecule has 1 amide bonds. The number of nitrogens with one attached hydrogen (secondary N) is 2. The predicted molar refractivity (Wildman–Crippen MR) is 98.6 cm³/mol. The first kappa shape index (κ1) is 16.1. The number of aryl methyl sites for hydroxylation is 1. The topological polar surface area (TPSA) is 66.9 Å². The van der Waals surface area contributed by atoms with E-state index >= 15 is 0 Å². The number of carbonyl (C=O) groups excluding carboxylic acids is 1. The summed E-state index contributed by atoms with van der Waals surface area (Å²) in [5, 5.41) is 5.91. The van der Waals surface area contributed by atoms with Gasteiger partial charge < -0.3 is 10.6 Å². The highest BCUT2D eigenvalue weighted by atomic mass is 79.9. The Morgan fingerprint density at radius 1 is 1.00 bits per heavy atom. The van der Waals surface area contributed by atoms with E-state index in [1.807, 2.05) is 55.5 Å². The lowest BCUT2D eigenvalue weighted by atomic mass is 10.2. The molecule has 0 unspecified atom stereocenters. The summed E-state index contributed by atoms with van der Waals surface area (Å²) in [6.07, 6.45) is 3.00. The molecule has 0 bridgehead atoms. The van der Waals surface area contributed by atoms with Crippen molar-refractivity contribution in [1.29, 1.82) is 0 Å². The first-order valence-corrected chi connectivity index (χ1v) is 8.12. The zero-order valence-corrected chi connectivity index (χ0v) is 14.5. The summed E-state index contributed by atoms with van der Waals surface area (Å²) in [4.78, 5) is 20.6. The molecule has 1 aromatic heterocycles. The Hall–Kier alpha value is -2.73. The van der Waals surface area contributed by atoms with Crippen molar-refractivity contribution in [3.05, 3.63) is 76.5 Å². The maximum absolute atomic E-state index is 12.2. The van der Waals surface area contributed by atoms with E-state index in [2.05, 4.69) is 36.5 Å². The molecule has 0 aliphatic heterocycles. The van der Waals surface area contributed by atoms with Crippen LogP contribution in [0.1, 0.15) is 15.9 Å². The number of carbonyl (C=O) groups is 1. The van der Waals surface area contributed by atoms with Gasteiger partial charge in [0.2, 0.25) is 5.95 Å². The Bertz CT molecular complexity index is 848. The van der Waals surface area contributed by atoms with Crippen molar-refractivity contribution in [3.8, 4) is 0 Å². The van der Waals surface area contributed by atoms with Crippen LogP contribution in [0.4, 0.5) is 17.3 Å². The van der Waals surface area contributed by atoms with E-state index in [9.17, 15) is 4.79 Å². The molecule has 0 radical (unpaired) electrons. The van der Waals surface area contributed by atoms with Gasteiger partial charge in [0.25, 0.3) is 5.91 Å². The van der Waals surface area contributed by atoms with E-state index in [0.29, 0.717) is 11.5 Å². The predicted octanol–water partition coefficient (Wildman–Crippen LogP) is 4.54. The second-order valence-corrected chi connectivity index (χ2v) is 6.17. The second-order valence-electron chi connectivity index (χ2n) is 5.25. The van der Waals surface area contributed by atoms with Gasteiger partial charge in [-0.05, 0) is 48.9 Å². The summed E-state index contributed by atoms with van der Waals surface area (Å²) in [6.45, 7) is 1.97. The average molecular weight is 383 g/mol. The number of aromatic nitrogens is 2. The molecule has 24 heavy (non-hydrogen) atoms. The molecule has 2 aromatic carbocycles. The zero-order valence-electron chi connectivity index (χ0n) is 13.0. The summed E-state index contributed by atoms with van der Waals surface area (Å²) in [6, 6.07) is 15.3. The summed E-state index contributed by atoms with van der Waals surface area (Å²) in [5.74, 6) is 0.195. The average Bonchev–Trinajstić information content (AvgIpc) is 2.57. The quantitative estimate of drug-likeness (QED) is 0.694. The third-order valence-corrected chi connectivity index (χ3v) is 3.82. The minimum Gasteiger partial charge on any atom is -0.324 e. The van der Waals surface area contributed by atoms with Crippen molar-refractivity contribution in [2.75, 3.05) is 10.6 Å². The van der Waals surface area contributed by atoms with Crippen molar-refractivity contribution in [1.82, 2.24) is 9.97 Å². The zero-order chi connectivity index (χ0) is 16.9. The highest BCUT2D eigenvalue weighted by Gasteiger charge is 2.08. The Morgan fingerprint density at radius 2 is 1.71 bits per heavy atom. The summed E-state index contributed by atoms with van der Waals surface area (Å²) < 4.78 is 0.997. The minimum absolute atomic E-state index is 0.240. The monoisotopic (exact) mass is 382 g/mol. The van der Waals surface area contributed by atoms with Crippen LogP contribution in [0.5, 0.6) is 0 Å². The Balaban J connectivity index is 1.67. The molecule has 0 saturated heterocycles. The van der Waals surface area contributed by atoms with Gasteiger partial charge in [-0.2, -0.15) is 0 Å². The second kappa shape index (κ2) is 7.23. The van der Waals surface area contributed by atoms with E-state index in [4.69, 9.17) is 0 Å². The van der Waals surface area contributed by atoms with Crippen molar-refractivity contribution < 1.29 is 4.79 Å². The van der Waals surface area contributed by atoms with Crippen molar-refractivity contribution >= 4 is 39.2 Å². The van der Waals surface area contributed by atoms with Crippen molar-refractivity contribution in [2.45, 2.75) is 6.92 Å². The van der Waals surface area contributed by atoms with E-state index in [1.54, 1.807) is 0 Å². The molecular weight excluding hydrogens is 368 g/mol. The van der Waals surface area contributed by atoms with Crippen molar-refractivity contribution in [2.24, 2.45) is 0 Å². The van der Waals surface area contributed by atoms with E-state index in [-0.39, 0.29) is 5.91 Å². The molecule has 0 fully saturated rings. The molecule has 120 valence electrons. The van der Waals surface area contributed by atoms with Crippen LogP contribution in [0.25, 0.3) is 0 Å². The van der Waals surface area contributed by atoms with Gasteiger partial charge >= 0.3 is 0 Å². The highest BCUT2D eigenvalue weighted by molar-refractivity contribution is 9.10. The molecule has 3 rings (SSSR count). The molecule has 2 N–H and O–H groups in total. The summed E-state index contributed by atoms with van der Waals surface area (Å²) in [5.41, 5.74) is 3.10. The third kappa shape index (κ3) is 4.17. The fraction of sp³-hybridized carbons (Fsp3) is 0.0556. The van der Waals surface area contributed by atoms with Crippen LogP contribution in [0.3, 0.4) is 0 Å². The van der Waals surface area contributed by atoms with Gasteiger partial charge in [0, 0.05) is 28.2 Å². The van der Waals surface area contributed by atoms with Gasteiger partial charge in [-0.3, -0.25) is 4.79 Å². The fourth-order valence-corrected chi connectivity index (χ4v) is 2.36. The molecule has 0 atom stereocenters. The van der Waals surface area contributed by atoms with Crippen molar-refractivity contribution in [3.63, 3.8) is 0 Å². The smallest absolute Gasteiger partial charge is 0.258 e. The lowest BCUT2D eigenvalue weighted by Gasteiger charge is -2.07. The van der Waals surface area contributed by atoms with E-state index in [0.717, 1.165) is 21.4 Å². The number of anilines is 3. The molecule has 5 nitrogen and oxygen atoms in total. The largest absolute Gasteiger partial charge is 0.324 e. The molecule has 0 aliphatic rings. The summed E-state index contributed by atoms with van der Waals surface area (Å²) >= 11 is 3.38. The Labute approximate surface area is 148 Å². The molecule has 1 heterocycles. The van der Waals surface area contributed by atoms with Crippen LogP contribution in [0.15, 0.2) is 65.4 Å². The summed E-state index contributed by atoms with van der Waals surface area (Å²) in [7, 11) is 0. The lowest BCUT2D eigenvalue weighted by molar-refractivity contribution is 0.102. The molecule has 3 aromatic rings. The van der Waals surface area contributed by atoms with E-state index in [1.165, 1.54) is 12.4 Å². The van der Waals surface area contributed by atoms with Gasteiger partial charge in [-0.25, -0.2) is 9.97 Å². The lowest BCUT2D eigenvalue weighted by Crippen LogP contribution is -2.13. The molecule has 0 aliphatic carbocycles. The van der Waals surface area contributed by atoms with Gasteiger partial charge in [0.1, 0.15) is 0 Å². The number of hydrogen-bond donors (Lipinski definition) is 2. The number of rotatable bonds is 4. The van der Waals surface area contributed by atoms with Gasteiger partial charge in [-0.15, -0.1) is 0 Å². The normalized spacial score (nSPS) is 10.2. The van der Waals surface area contributed by atoms with E-state index < -0.39 is 0 Å². The maximum atomic E-state index is 12.2. The van der Waals surface area contributed by atoms with Gasteiger partial charge in [-0.1, -0.05) is 28.1 Å². The SMILES string of the molecule is Cc1cccc(NC(=O)c2cnc(Nc3ccc(Br)cc3)nc2)c1. The van der Waals surface area contributed by atoms with Crippen LogP contribution in [0, 0.1) is 6.92 Å². The molecule has 0 saturated carbocycles. The van der Waals surface area contributed by atoms with Gasteiger partial charge in [0.15, 0.2) is 0 Å². The third-order valence-electron chi connectivity index (χ3n) is 3.29. The number of nitrogens with zero attached hydrogens (tertiary/aromatic N) is 2. The number of amides is 1. The van der Waals surface area contributed by atoms with Crippen LogP contribution >= 0.6 is 15.9 Å². The van der Waals surface area contributed by atoms with Gasteiger partial charge in [0.05, 0.1) is 5.56 Å². The first-order chi connectivity index (χ1) is 11.6. The fourth-order valence-electron chi connectivity index (χ4n) is 2.10. The maximum Gasteiger partial charge on any atom is 0.258 e. The van der Waals surface area contributed by atoms with Crippen LogP contribution in [-0.4, -0.2) is 15.9 Å². The number of hydrogen-bond acceptors (Lipinski definition) is 4. The highest BCUT2D eigenvalue weighted by Crippen LogP contribution is 2.17. The Kier molecular flexibility index (Phi) is 4.86.